The summed E-state index contributed by atoms with van der Waals surface area (Å²) in [6.07, 6.45) is 3.49. The third-order valence-electron chi connectivity index (χ3n) is 1.45. The van der Waals surface area contributed by atoms with Gasteiger partial charge in [0.2, 0.25) is 0 Å². The molecule has 0 aliphatic heterocycles. The van der Waals surface area contributed by atoms with Gasteiger partial charge in [0.1, 0.15) is 0 Å². The smallest absolute Gasteiger partial charge is 0.331 e. The zero-order chi connectivity index (χ0) is 12.2. The quantitative estimate of drug-likeness (QED) is 0.300. The first kappa shape index (κ1) is 15.4. The van der Waals surface area contributed by atoms with E-state index < -0.39 is 11.9 Å². The van der Waals surface area contributed by atoms with Gasteiger partial charge in [-0.3, -0.25) is 0 Å². The Balaban J connectivity index is 3.63. The van der Waals surface area contributed by atoms with Gasteiger partial charge in [0.15, 0.2) is 0 Å². The minimum absolute atomic E-state index is 0.307. The van der Waals surface area contributed by atoms with Crippen LogP contribution in [0.2, 0.25) is 0 Å². The SMILES string of the molecule is O=C(/C=C\C(=O)OCCCS)OCCCS. The molecule has 0 saturated carbocycles. The van der Waals surface area contributed by atoms with Crippen LogP contribution >= 0.6 is 25.3 Å². The highest BCUT2D eigenvalue weighted by Gasteiger charge is 2.00. The van der Waals surface area contributed by atoms with Gasteiger partial charge in [-0.15, -0.1) is 0 Å². The Bertz CT molecular complexity index is 217. The zero-order valence-electron chi connectivity index (χ0n) is 8.92. The first-order valence-electron chi connectivity index (χ1n) is 4.94. The van der Waals surface area contributed by atoms with Gasteiger partial charge in [0.25, 0.3) is 0 Å². The standard InChI is InChI=1S/C10H16O4S2/c11-9(13-5-1-7-15)3-4-10(12)14-6-2-8-16/h3-4,15-16H,1-2,5-8H2/b4-3-. The topological polar surface area (TPSA) is 52.6 Å². The van der Waals surface area contributed by atoms with E-state index in [4.69, 9.17) is 9.47 Å². The van der Waals surface area contributed by atoms with Gasteiger partial charge in [-0.25, -0.2) is 9.59 Å². The van der Waals surface area contributed by atoms with E-state index in [9.17, 15) is 9.59 Å². The van der Waals surface area contributed by atoms with Crippen molar-refractivity contribution in [2.75, 3.05) is 24.7 Å². The highest BCUT2D eigenvalue weighted by molar-refractivity contribution is 7.80. The fourth-order valence-electron chi connectivity index (χ4n) is 0.707. The number of carbonyl (C=O) groups is 2. The average molecular weight is 264 g/mol. The summed E-state index contributed by atoms with van der Waals surface area (Å²) in [6.45, 7) is 0.614. The van der Waals surface area contributed by atoms with Crippen LogP contribution in [0.1, 0.15) is 12.8 Å². The molecule has 0 atom stereocenters. The number of carbonyl (C=O) groups excluding carboxylic acids is 2. The van der Waals surface area contributed by atoms with Gasteiger partial charge in [0, 0.05) is 12.2 Å². The Morgan fingerprint density at radius 1 is 0.875 bits per heavy atom. The summed E-state index contributed by atoms with van der Waals surface area (Å²) in [5.74, 6) is 0.215. The second-order valence-corrected chi connectivity index (χ2v) is 3.72. The summed E-state index contributed by atoms with van der Waals surface area (Å²) in [6, 6.07) is 0. The van der Waals surface area contributed by atoms with Gasteiger partial charge >= 0.3 is 11.9 Å². The summed E-state index contributed by atoms with van der Waals surface area (Å²) < 4.78 is 9.53. The second kappa shape index (κ2) is 10.9. The van der Waals surface area contributed by atoms with Crippen LogP contribution < -0.4 is 0 Å². The van der Waals surface area contributed by atoms with Crippen molar-refractivity contribution >= 4 is 37.2 Å². The van der Waals surface area contributed by atoms with E-state index in [0.29, 0.717) is 37.6 Å². The van der Waals surface area contributed by atoms with E-state index in [1.807, 2.05) is 0 Å². The van der Waals surface area contributed by atoms with Crippen LogP contribution in [0, 0.1) is 0 Å². The maximum absolute atomic E-state index is 11.0. The highest BCUT2D eigenvalue weighted by atomic mass is 32.1. The van der Waals surface area contributed by atoms with Crippen molar-refractivity contribution in [1.82, 2.24) is 0 Å². The fourth-order valence-corrected chi connectivity index (χ4v) is 0.965. The van der Waals surface area contributed by atoms with Crippen molar-refractivity contribution in [3.05, 3.63) is 12.2 Å². The summed E-state index contributed by atoms with van der Waals surface area (Å²) >= 11 is 7.93. The lowest BCUT2D eigenvalue weighted by atomic mass is 10.5. The molecular weight excluding hydrogens is 248 g/mol. The molecule has 0 aromatic heterocycles. The highest BCUT2D eigenvalue weighted by Crippen LogP contribution is 1.91. The third kappa shape index (κ3) is 9.92. The largest absolute Gasteiger partial charge is 0.462 e. The Hall–Kier alpha value is -0.620. The maximum Gasteiger partial charge on any atom is 0.331 e. The fraction of sp³-hybridized carbons (Fsp3) is 0.600. The van der Waals surface area contributed by atoms with Crippen LogP contribution in [0.15, 0.2) is 12.2 Å². The Labute approximate surface area is 106 Å². The first-order chi connectivity index (χ1) is 7.70. The molecule has 6 heteroatoms. The van der Waals surface area contributed by atoms with E-state index in [-0.39, 0.29) is 0 Å². The lowest BCUT2D eigenvalue weighted by molar-refractivity contribution is -0.140. The van der Waals surface area contributed by atoms with Crippen LogP contribution in [0.3, 0.4) is 0 Å². The van der Waals surface area contributed by atoms with Crippen LogP contribution in [0.25, 0.3) is 0 Å². The molecule has 0 aliphatic rings. The lowest BCUT2D eigenvalue weighted by Gasteiger charge is -2.00. The van der Waals surface area contributed by atoms with Gasteiger partial charge in [-0.05, 0) is 24.3 Å². The van der Waals surface area contributed by atoms with E-state index in [2.05, 4.69) is 25.3 Å². The molecule has 0 saturated heterocycles. The number of rotatable bonds is 8. The molecule has 0 unspecified atom stereocenters. The minimum atomic E-state index is -0.548. The molecular formula is C10H16O4S2. The number of hydrogen-bond donors (Lipinski definition) is 2. The minimum Gasteiger partial charge on any atom is -0.462 e. The number of hydrogen-bond acceptors (Lipinski definition) is 6. The van der Waals surface area contributed by atoms with Crippen molar-refractivity contribution in [3.63, 3.8) is 0 Å². The van der Waals surface area contributed by atoms with Crippen LogP contribution in [-0.2, 0) is 19.1 Å². The molecule has 0 radical (unpaired) electrons. The monoisotopic (exact) mass is 264 g/mol. The van der Waals surface area contributed by atoms with E-state index in [1.165, 1.54) is 0 Å². The molecule has 16 heavy (non-hydrogen) atoms. The number of thiol groups is 2. The number of esters is 2. The van der Waals surface area contributed by atoms with Crippen molar-refractivity contribution in [2.24, 2.45) is 0 Å². The van der Waals surface area contributed by atoms with Gasteiger partial charge < -0.3 is 9.47 Å². The normalized spacial score (nSPS) is 10.4. The summed E-state index contributed by atoms with van der Waals surface area (Å²) in [7, 11) is 0. The van der Waals surface area contributed by atoms with Crippen molar-refractivity contribution < 1.29 is 19.1 Å². The summed E-state index contributed by atoms with van der Waals surface area (Å²) in [5.41, 5.74) is 0. The van der Waals surface area contributed by atoms with Gasteiger partial charge in [-0.1, -0.05) is 0 Å². The molecule has 0 bridgehead atoms. The van der Waals surface area contributed by atoms with Gasteiger partial charge in [0.05, 0.1) is 13.2 Å². The van der Waals surface area contributed by atoms with E-state index >= 15 is 0 Å². The predicted octanol–water partition coefficient (Wildman–Crippen LogP) is 1.27. The van der Waals surface area contributed by atoms with Gasteiger partial charge in [-0.2, -0.15) is 25.3 Å². The second-order valence-electron chi connectivity index (χ2n) is 2.82. The molecule has 92 valence electrons. The van der Waals surface area contributed by atoms with Crippen molar-refractivity contribution in [1.29, 1.82) is 0 Å². The molecule has 0 N–H and O–H groups in total. The molecule has 0 aromatic carbocycles. The van der Waals surface area contributed by atoms with E-state index in [1.54, 1.807) is 0 Å². The lowest BCUT2D eigenvalue weighted by Crippen LogP contribution is -2.06. The molecule has 0 fully saturated rings. The Morgan fingerprint density at radius 2 is 1.25 bits per heavy atom. The summed E-state index contributed by atoms with van der Waals surface area (Å²) in [4.78, 5) is 22.0. The predicted molar refractivity (Wildman–Crippen MR) is 68.0 cm³/mol. The molecule has 0 heterocycles. The summed E-state index contributed by atoms with van der Waals surface area (Å²) in [5, 5.41) is 0. The first-order valence-corrected chi connectivity index (χ1v) is 6.20. The van der Waals surface area contributed by atoms with Crippen LogP contribution in [-0.4, -0.2) is 36.7 Å². The van der Waals surface area contributed by atoms with Crippen molar-refractivity contribution in [2.45, 2.75) is 12.8 Å². The molecule has 0 aliphatic carbocycles. The Kier molecular flexibility index (Phi) is 10.5. The van der Waals surface area contributed by atoms with Crippen molar-refractivity contribution in [3.8, 4) is 0 Å². The Morgan fingerprint density at radius 3 is 1.56 bits per heavy atom. The van der Waals surface area contributed by atoms with E-state index in [0.717, 1.165) is 12.2 Å². The zero-order valence-corrected chi connectivity index (χ0v) is 10.7. The average Bonchev–Trinajstić information content (AvgIpc) is 2.27. The molecule has 0 rings (SSSR count). The van der Waals surface area contributed by atoms with Crippen LogP contribution in [0.4, 0.5) is 0 Å². The molecule has 0 spiro atoms. The maximum atomic E-state index is 11.0. The molecule has 0 aromatic rings. The number of ether oxygens (including phenoxy) is 2. The molecule has 4 nitrogen and oxygen atoms in total. The third-order valence-corrected chi connectivity index (χ3v) is 2.08. The van der Waals surface area contributed by atoms with Crippen LogP contribution in [0.5, 0.6) is 0 Å². The molecule has 0 amide bonds.